The zero-order valence-electron chi connectivity index (χ0n) is 9.46. The number of nitrogens with zero attached hydrogens (tertiary/aromatic N) is 1. The van der Waals surface area contributed by atoms with Gasteiger partial charge in [-0.25, -0.2) is 4.99 Å². The normalized spacial score (nSPS) is 12.2. The van der Waals surface area contributed by atoms with Crippen LogP contribution in [0.15, 0.2) is 29.4 Å². The van der Waals surface area contributed by atoms with Crippen molar-refractivity contribution in [2.24, 2.45) is 16.6 Å². The summed E-state index contributed by atoms with van der Waals surface area (Å²) in [6.45, 7) is 13.6. The van der Waals surface area contributed by atoms with Gasteiger partial charge in [0.2, 0.25) is 0 Å². The number of hydrogen-bond donors (Lipinski definition) is 1. The molecule has 0 amide bonds. The van der Waals surface area contributed by atoms with Crippen molar-refractivity contribution in [3.8, 4) is 0 Å². The number of hydrogen-bond acceptors (Lipinski definition) is 1. The van der Waals surface area contributed by atoms with Crippen molar-refractivity contribution in [1.82, 2.24) is 0 Å². The quantitative estimate of drug-likeness (QED) is 0.528. The van der Waals surface area contributed by atoms with Crippen molar-refractivity contribution < 1.29 is 0 Å². The average Bonchev–Trinajstić information content (AvgIpc) is 2.09. The Labute approximate surface area is 82.3 Å². The Bertz CT molecular complexity index is 188. The summed E-state index contributed by atoms with van der Waals surface area (Å²) in [5, 5.41) is 0. The Morgan fingerprint density at radius 2 is 1.85 bits per heavy atom. The van der Waals surface area contributed by atoms with Gasteiger partial charge in [0.05, 0.1) is 0 Å². The van der Waals surface area contributed by atoms with Gasteiger partial charge in [-0.05, 0) is 18.4 Å². The van der Waals surface area contributed by atoms with Gasteiger partial charge in [-0.1, -0.05) is 40.3 Å². The summed E-state index contributed by atoms with van der Waals surface area (Å²) in [6.07, 6.45) is 3.44. The Balaban J connectivity index is 0. The van der Waals surface area contributed by atoms with E-state index in [9.17, 15) is 0 Å². The topological polar surface area (TPSA) is 38.4 Å². The fourth-order valence-electron chi connectivity index (χ4n) is 0.950. The second-order valence-corrected chi connectivity index (χ2v) is 2.60. The molecule has 0 rings (SSSR count). The van der Waals surface area contributed by atoms with Crippen molar-refractivity contribution in [1.29, 1.82) is 0 Å². The Morgan fingerprint density at radius 1 is 1.38 bits per heavy atom. The zero-order chi connectivity index (χ0) is 10.9. The molecule has 0 saturated carbocycles. The highest BCUT2D eigenvalue weighted by atomic mass is 14.8. The molecule has 0 aliphatic heterocycles. The van der Waals surface area contributed by atoms with Crippen LogP contribution in [0.5, 0.6) is 0 Å². The predicted molar refractivity (Wildman–Crippen MR) is 61.8 cm³/mol. The molecule has 0 saturated heterocycles. The molecule has 0 unspecified atom stereocenters. The van der Waals surface area contributed by atoms with Crippen molar-refractivity contribution in [3.63, 3.8) is 0 Å². The van der Waals surface area contributed by atoms with E-state index in [4.69, 9.17) is 5.73 Å². The van der Waals surface area contributed by atoms with Crippen LogP contribution in [0.25, 0.3) is 0 Å². The molecule has 0 atom stereocenters. The monoisotopic (exact) mass is 182 g/mol. The van der Waals surface area contributed by atoms with Crippen LogP contribution < -0.4 is 5.73 Å². The highest BCUT2D eigenvalue weighted by Crippen LogP contribution is 2.08. The maximum absolute atomic E-state index is 5.65. The minimum absolute atomic E-state index is 0.420. The van der Waals surface area contributed by atoms with Crippen molar-refractivity contribution in [3.05, 3.63) is 24.4 Å². The molecule has 2 N–H and O–H groups in total. The van der Waals surface area contributed by atoms with Gasteiger partial charge in [-0.3, -0.25) is 0 Å². The highest BCUT2D eigenvalue weighted by molar-refractivity contribution is 5.97. The van der Waals surface area contributed by atoms with Crippen LogP contribution in [-0.4, -0.2) is 5.84 Å². The smallest absolute Gasteiger partial charge is 0.126 e. The number of allylic oxidation sites excluding steroid dienone is 1. The van der Waals surface area contributed by atoms with Crippen molar-refractivity contribution in [2.75, 3.05) is 0 Å². The molecule has 0 aliphatic carbocycles. The molecule has 0 aromatic heterocycles. The highest BCUT2D eigenvalue weighted by Gasteiger charge is 2.04. The third-order valence-corrected chi connectivity index (χ3v) is 1.46. The molecule has 0 radical (unpaired) electrons. The predicted octanol–water partition coefficient (Wildman–Crippen LogP) is 3.12. The first kappa shape index (κ1) is 14.5. The fourth-order valence-corrected chi connectivity index (χ4v) is 0.950. The molecule has 13 heavy (non-hydrogen) atoms. The molecular weight excluding hydrogens is 160 g/mol. The van der Waals surface area contributed by atoms with Gasteiger partial charge < -0.3 is 5.73 Å². The summed E-state index contributed by atoms with van der Waals surface area (Å²) >= 11 is 0. The molecule has 0 fully saturated rings. The maximum atomic E-state index is 5.65. The van der Waals surface area contributed by atoms with Gasteiger partial charge in [0.15, 0.2) is 0 Å². The lowest BCUT2D eigenvalue weighted by Gasteiger charge is -2.08. The Morgan fingerprint density at radius 3 is 2.08 bits per heavy atom. The number of amidine groups is 1. The molecule has 2 nitrogen and oxygen atoms in total. The first-order valence-electron chi connectivity index (χ1n) is 4.74. The molecule has 2 heteroatoms. The van der Waals surface area contributed by atoms with Gasteiger partial charge in [0, 0.05) is 6.20 Å². The molecule has 0 bridgehead atoms. The van der Waals surface area contributed by atoms with E-state index in [1.807, 2.05) is 26.8 Å². The summed E-state index contributed by atoms with van der Waals surface area (Å²) in [6, 6.07) is 0. The van der Waals surface area contributed by atoms with Gasteiger partial charge in [-0.15, -0.1) is 0 Å². The molecule has 0 aromatic carbocycles. The molecule has 0 heterocycles. The largest absolute Gasteiger partial charge is 0.383 e. The van der Waals surface area contributed by atoms with Crippen LogP contribution in [0.3, 0.4) is 0 Å². The van der Waals surface area contributed by atoms with Crippen LogP contribution in [-0.2, 0) is 0 Å². The second kappa shape index (κ2) is 9.04. The standard InChI is InChI=1S/C9H16N2.C2H6/c1-5-8(7(3)4)9(10)11-6-2;1-2/h5-7H,2H2,1,3-4H3,(H2,10,11);1-2H3/b8-5-;. The summed E-state index contributed by atoms with van der Waals surface area (Å²) < 4.78 is 0. The van der Waals surface area contributed by atoms with Crippen molar-refractivity contribution >= 4 is 5.84 Å². The summed E-state index contributed by atoms with van der Waals surface area (Å²) in [4.78, 5) is 3.91. The van der Waals surface area contributed by atoms with E-state index in [0.717, 1.165) is 5.57 Å². The van der Waals surface area contributed by atoms with Crippen LogP contribution in [0.2, 0.25) is 0 Å². The number of nitrogens with two attached hydrogens (primary N) is 1. The average molecular weight is 182 g/mol. The Hall–Kier alpha value is -1.05. The van der Waals surface area contributed by atoms with Crippen molar-refractivity contribution in [2.45, 2.75) is 34.6 Å². The molecular formula is C11H22N2. The first-order valence-corrected chi connectivity index (χ1v) is 4.74. The van der Waals surface area contributed by atoms with E-state index in [-0.39, 0.29) is 0 Å². The molecule has 0 aromatic rings. The molecule has 0 spiro atoms. The maximum Gasteiger partial charge on any atom is 0.126 e. The fraction of sp³-hybridized carbons (Fsp3) is 0.545. The van der Waals surface area contributed by atoms with Crippen LogP contribution in [0, 0.1) is 5.92 Å². The summed E-state index contributed by atoms with van der Waals surface area (Å²) in [5.74, 6) is 0.987. The zero-order valence-corrected chi connectivity index (χ0v) is 9.46. The third kappa shape index (κ3) is 6.14. The molecule has 0 aliphatic rings. The second-order valence-electron chi connectivity index (χ2n) is 2.60. The third-order valence-electron chi connectivity index (χ3n) is 1.46. The van der Waals surface area contributed by atoms with E-state index in [0.29, 0.717) is 11.8 Å². The van der Waals surface area contributed by atoms with E-state index in [1.54, 1.807) is 0 Å². The van der Waals surface area contributed by atoms with Gasteiger partial charge in [0.25, 0.3) is 0 Å². The van der Waals surface area contributed by atoms with Gasteiger partial charge in [-0.2, -0.15) is 0 Å². The minimum atomic E-state index is 0.420. The minimum Gasteiger partial charge on any atom is -0.383 e. The van der Waals surface area contributed by atoms with E-state index in [2.05, 4.69) is 25.4 Å². The van der Waals surface area contributed by atoms with Gasteiger partial charge in [0.1, 0.15) is 5.84 Å². The summed E-state index contributed by atoms with van der Waals surface area (Å²) in [5.41, 5.74) is 6.72. The summed E-state index contributed by atoms with van der Waals surface area (Å²) in [7, 11) is 0. The van der Waals surface area contributed by atoms with Crippen LogP contribution in [0.4, 0.5) is 0 Å². The lowest BCUT2D eigenvalue weighted by molar-refractivity contribution is 0.798. The van der Waals surface area contributed by atoms with E-state index in [1.165, 1.54) is 6.20 Å². The first-order chi connectivity index (χ1) is 6.13. The SMILES string of the molecule is C=CN=C(N)/C(=C\C)C(C)C.CC. The van der Waals surface area contributed by atoms with E-state index < -0.39 is 0 Å². The molecule has 76 valence electrons. The van der Waals surface area contributed by atoms with Gasteiger partial charge >= 0.3 is 0 Å². The lowest BCUT2D eigenvalue weighted by Crippen LogP contribution is -2.17. The van der Waals surface area contributed by atoms with Crippen LogP contribution >= 0.6 is 0 Å². The van der Waals surface area contributed by atoms with E-state index >= 15 is 0 Å². The number of rotatable bonds is 3. The number of aliphatic imine (C=N–C) groups is 1. The lowest BCUT2D eigenvalue weighted by atomic mass is 10.0. The van der Waals surface area contributed by atoms with Crippen LogP contribution in [0.1, 0.15) is 34.6 Å². The Kier molecular flexibility index (Phi) is 10.1.